The smallest absolute Gasteiger partial charge is 0.482 e. The number of hydrogen-bond acceptors (Lipinski definition) is 6. The van der Waals surface area contributed by atoms with E-state index in [0.29, 0.717) is 41.6 Å². The molecular formula is C23H32BClN2O6. The van der Waals surface area contributed by atoms with E-state index in [1.807, 2.05) is 48.5 Å². The first kappa shape index (κ1) is 24.2. The van der Waals surface area contributed by atoms with Gasteiger partial charge in [-0.1, -0.05) is 11.6 Å². The number of carbonyl (C=O) groups is 2. The molecule has 2 saturated heterocycles. The molecule has 0 bridgehead atoms. The van der Waals surface area contributed by atoms with Gasteiger partial charge in [0.1, 0.15) is 11.4 Å². The van der Waals surface area contributed by atoms with Crippen molar-refractivity contribution < 1.29 is 28.4 Å². The van der Waals surface area contributed by atoms with Crippen molar-refractivity contribution in [3.05, 3.63) is 17.2 Å². The van der Waals surface area contributed by atoms with Crippen LogP contribution in [0.25, 0.3) is 0 Å². The lowest BCUT2D eigenvalue weighted by Gasteiger charge is -2.42. The van der Waals surface area contributed by atoms with Crippen LogP contribution in [-0.2, 0) is 18.8 Å². The molecule has 0 N–H and O–H groups in total. The van der Waals surface area contributed by atoms with Crippen LogP contribution < -0.4 is 15.1 Å². The van der Waals surface area contributed by atoms with Gasteiger partial charge in [0.15, 0.2) is 6.61 Å². The van der Waals surface area contributed by atoms with E-state index in [1.54, 1.807) is 21.9 Å². The average Bonchev–Trinajstić information content (AvgIpc) is 2.84. The van der Waals surface area contributed by atoms with Gasteiger partial charge in [-0.25, -0.2) is 4.79 Å². The maximum atomic E-state index is 12.7. The number of hydrogen-bond donors (Lipinski definition) is 0. The molecule has 8 nitrogen and oxygen atoms in total. The van der Waals surface area contributed by atoms with Gasteiger partial charge in [0.25, 0.3) is 5.91 Å². The molecule has 0 atom stereocenters. The fourth-order valence-corrected chi connectivity index (χ4v) is 4.25. The largest absolute Gasteiger partial charge is 0.496 e. The number of benzene rings is 1. The van der Waals surface area contributed by atoms with Gasteiger partial charge in [0.2, 0.25) is 0 Å². The molecule has 0 saturated carbocycles. The Morgan fingerprint density at radius 1 is 1.18 bits per heavy atom. The van der Waals surface area contributed by atoms with Gasteiger partial charge < -0.3 is 28.6 Å². The Labute approximate surface area is 200 Å². The van der Waals surface area contributed by atoms with Gasteiger partial charge >= 0.3 is 13.2 Å². The molecule has 0 aliphatic carbocycles. The highest BCUT2D eigenvalue weighted by Crippen LogP contribution is 2.40. The number of nitrogens with zero attached hydrogens (tertiary/aromatic N) is 2. The number of carbonyl (C=O) groups excluding carboxylic acids is 2. The van der Waals surface area contributed by atoms with Crippen LogP contribution in [-0.4, -0.2) is 67.1 Å². The molecule has 3 heterocycles. The van der Waals surface area contributed by atoms with Crippen molar-refractivity contribution in [3.63, 3.8) is 0 Å². The number of ether oxygens (including phenoxy) is 2. The Bertz CT molecular complexity index is 954. The number of halogens is 1. The summed E-state index contributed by atoms with van der Waals surface area (Å²) in [6.45, 7) is 14.9. The van der Waals surface area contributed by atoms with E-state index in [2.05, 4.69) is 0 Å². The van der Waals surface area contributed by atoms with Crippen LogP contribution in [0.3, 0.4) is 0 Å². The first-order valence-electron chi connectivity index (χ1n) is 11.3. The van der Waals surface area contributed by atoms with Gasteiger partial charge in [-0.15, -0.1) is 0 Å². The highest BCUT2D eigenvalue weighted by Gasteiger charge is 2.52. The number of anilines is 1. The zero-order valence-corrected chi connectivity index (χ0v) is 21.1. The molecule has 10 heteroatoms. The van der Waals surface area contributed by atoms with Crippen LogP contribution in [0.5, 0.6) is 5.75 Å². The lowest BCUT2D eigenvalue weighted by atomic mass is 9.78. The molecule has 0 radical (unpaired) electrons. The molecule has 3 aliphatic rings. The van der Waals surface area contributed by atoms with Crippen LogP contribution in [0.2, 0.25) is 5.02 Å². The van der Waals surface area contributed by atoms with Crippen molar-refractivity contribution in [1.82, 2.24) is 4.90 Å². The zero-order valence-electron chi connectivity index (χ0n) is 20.4. The second kappa shape index (κ2) is 8.06. The summed E-state index contributed by atoms with van der Waals surface area (Å²) >= 11 is 6.63. The van der Waals surface area contributed by atoms with Crippen LogP contribution in [0, 0.1) is 5.92 Å². The van der Waals surface area contributed by atoms with E-state index >= 15 is 0 Å². The van der Waals surface area contributed by atoms with Crippen LogP contribution in [0.15, 0.2) is 12.1 Å². The fourth-order valence-electron chi connectivity index (χ4n) is 4.01. The maximum Gasteiger partial charge on any atom is 0.496 e. The molecule has 2 fully saturated rings. The second-order valence-corrected chi connectivity index (χ2v) is 11.4. The van der Waals surface area contributed by atoms with Crippen LogP contribution in [0.1, 0.15) is 48.5 Å². The van der Waals surface area contributed by atoms with Gasteiger partial charge in [-0.05, 0) is 60.6 Å². The van der Waals surface area contributed by atoms with Crippen molar-refractivity contribution in [3.8, 4) is 5.75 Å². The van der Waals surface area contributed by atoms with Crippen LogP contribution >= 0.6 is 11.6 Å². The highest BCUT2D eigenvalue weighted by molar-refractivity contribution is 6.65. The Kier molecular flexibility index (Phi) is 5.91. The van der Waals surface area contributed by atoms with E-state index in [1.165, 1.54) is 0 Å². The minimum atomic E-state index is -0.628. The van der Waals surface area contributed by atoms with Crippen molar-refractivity contribution in [2.45, 2.75) is 65.3 Å². The number of amides is 2. The molecule has 3 aliphatic heterocycles. The number of likely N-dealkylation sites (tertiary alicyclic amines) is 1. The Hall–Kier alpha value is -1.97. The molecular weight excluding hydrogens is 447 g/mol. The SMILES string of the molecule is CC(C)(C)OC(=O)N1CC(CN2C(=O)COc3cc(B4OC(C)(C)C(C)(C)O4)c(Cl)cc32)C1. The number of fused-ring (bicyclic) bond motifs is 1. The molecule has 0 spiro atoms. The third kappa shape index (κ3) is 4.68. The molecule has 1 aromatic carbocycles. The fraction of sp³-hybridized carbons (Fsp3) is 0.652. The Morgan fingerprint density at radius 2 is 1.79 bits per heavy atom. The standard InChI is InChI=1S/C23H32BClN2O6/c1-21(2,3)31-20(29)26-10-14(11-26)12-27-17-9-16(25)15(8-18(17)30-13-19(27)28)24-32-22(4,5)23(6,7)33-24/h8-9,14H,10-13H2,1-7H3. The highest BCUT2D eigenvalue weighted by atomic mass is 35.5. The van der Waals surface area contributed by atoms with Gasteiger partial charge in [0, 0.05) is 36.0 Å². The Morgan fingerprint density at radius 3 is 2.36 bits per heavy atom. The lowest BCUT2D eigenvalue weighted by molar-refractivity contribution is -0.121. The summed E-state index contributed by atoms with van der Waals surface area (Å²) in [5.74, 6) is 0.568. The molecule has 0 aromatic heterocycles. The van der Waals surface area contributed by atoms with Crippen LogP contribution in [0.4, 0.5) is 10.5 Å². The monoisotopic (exact) mass is 478 g/mol. The average molecular weight is 479 g/mol. The van der Waals surface area contributed by atoms with E-state index in [0.717, 1.165) is 0 Å². The van der Waals surface area contributed by atoms with Crippen molar-refractivity contribution in [1.29, 1.82) is 0 Å². The molecule has 33 heavy (non-hydrogen) atoms. The summed E-state index contributed by atoms with van der Waals surface area (Å²) in [5, 5.41) is 0.444. The summed E-state index contributed by atoms with van der Waals surface area (Å²) in [5.41, 5.74) is -0.240. The van der Waals surface area contributed by atoms with Crippen molar-refractivity contribution >= 4 is 41.9 Å². The van der Waals surface area contributed by atoms with E-state index < -0.39 is 23.9 Å². The van der Waals surface area contributed by atoms with Gasteiger partial charge in [0.05, 0.1) is 16.9 Å². The van der Waals surface area contributed by atoms with E-state index in [-0.39, 0.29) is 24.5 Å². The second-order valence-electron chi connectivity index (χ2n) is 11.0. The third-order valence-corrected chi connectivity index (χ3v) is 6.91. The van der Waals surface area contributed by atoms with Crippen molar-refractivity contribution in [2.24, 2.45) is 5.92 Å². The summed E-state index contributed by atoms with van der Waals surface area (Å²) < 4.78 is 23.4. The predicted octanol–water partition coefficient (Wildman–Crippen LogP) is 3.23. The maximum absolute atomic E-state index is 12.7. The molecule has 180 valence electrons. The first-order chi connectivity index (χ1) is 15.2. The number of rotatable bonds is 3. The van der Waals surface area contributed by atoms with E-state index in [4.69, 9.17) is 30.4 Å². The van der Waals surface area contributed by atoms with Gasteiger partial charge in [-0.3, -0.25) is 4.79 Å². The summed E-state index contributed by atoms with van der Waals surface area (Å²) in [7, 11) is -0.628. The predicted molar refractivity (Wildman–Crippen MR) is 126 cm³/mol. The minimum Gasteiger partial charge on any atom is -0.482 e. The zero-order chi connectivity index (χ0) is 24.3. The Balaban J connectivity index is 1.48. The first-order valence-corrected chi connectivity index (χ1v) is 11.6. The molecule has 1 aromatic rings. The van der Waals surface area contributed by atoms with Crippen molar-refractivity contribution in [2.75, 3.05) is 31.1 Å². The van der Waals surface area contributed by atoms with Gasteiger partial charge in [-0.2, -0.15) is 0 Å². The molecule has 0 unspecified atom stereocenters. The summed E-state index contributed by atoms with van der Waals surface area (Å²) in [6, 6.07) is 3.53. The summed E-state index contributed by atoms with van der Waals surface area (Å²) in [6.07, 6.45) is -0.331. The van der Waals surface area contributed by atoms with E-state index in [9.17, 15) is 9.59 Å². The minimum absolute atomic E-state index is 0.0556. The summed E-state index contributed by atoms with van der Waals surface area (Å²) in [4.78, 5) is 28.2. The lowest BCUT2D eigenvalue weighted by Crippen LogP contribution is -2.56. The third-order valence-electron chi connectivity index (χ3n) is 6.58. The topological polar surface area (TPSA) is 77.5 Å². The molecule has 4 rings (SSSR count). The quantitative estimate of drug-likeness (QED) is 0.621. The normalized spacial score (nSPS) is 22.1. The molecule has 2 amide bonds.